The van der Waals surface area contributed by atoms with Gasteiger partial charge in [-0.25, -0.2) is 4.79 Å². The molecule has 0 bridgehead atoms. The minimum absolute atomic E-state index is 0.225. The number of carbonyl (C=O) groups is 1. The van der Waals surface area contributed by atoms with Crippen molar-refractivity contribution in [3.63, 3.8) is 0 Å². The van der Waals surface area contributed by atoms with Crippen LogP contribution in [0.25, 0.3) is 0 Å². The Morgan fingerprint density at radius 3 is 2.94 bits per heavy atom. The molecule has 2 rings (SSSR count). The maximum absolute atomic E-state index is 10.9. The molecular formula is C13H18N2O3. The Labute approximate surface area is 106 Å². The van der Waals surface area contributed by atoms with Gasteiger partial charge in [0.05, 0.1) is 23.0 Å². The molecule has 0 aromatic heterocycles. The van der Waals surface area contributed by atoms with Crippen LogP contribution < -0.4 is 10.6 Å². The van der Waals surface area contributed by atoms with E-state index in [2.05, 4.69) is 10.6 Å². The van der Waals surface area contributed by atoms with Crippen LogP contribution in [0.4, 0.5) is 11.4 Å². The summed E-state index contributed by atoms with van der Waals surface area (Å²) >= 11 is 0. The third-order valence-electron chi connectivity index (χ3n) is 3.08. The number of anilines is 2. The minimum atomic E-state index is -0.919. The first-order valence-corrected chi connectivity index (χ1v) is 6.11. The van der Waals surface area contributed by atoms with Crippen LogP contribution in [-0.4, -0.2) is 37.4 Å². The normalized spacial score (nSPS) is 18.6. The van der Waals surface area contributed by atoms with E-state index >= 15 is 0 Å². The van der Waals surface area contributed by atoms with Gasteiger partial charge in [-0.3, -0.25) is 0 Å². The lowest BCUT2D eigenvalue weighted by Gasteiger charge is -2.15. The molecule has 1 heterocycles. The van der Waals surface area contributed by atoms with Crippen molar-refractivity contribution >= 4 is 17.3 Å². The molecule has 1 fully saturated rings. The van der Waals surface area contributed by atoms with E-state index in [9.17, 15) is 4.79 Å². The van der Waals surface area contributed by atoms with Gasteiger partial charge in [-0.15, -0.1) is 0 Å². The van der Waals surface area contributed by atoms with Crippen LogP contribution in [0.2, 0.25) is 0 Å². The van der Waals surface area contributed by atoms with Crippen LogP contribution in [0.15, 0.2) is 18.2 Å². The Kier molecular flexibility index (Phi) is 4.04. The van der Waals surface area contributed by atoms with Crippen LogP contribution in [0.5, 0.6) is 0 Å². The fourth-order valence-corrected chi connectivity index (χ4v) is 2.07. The topological polar surface area (TPSA) is 70.6 Å². The molecule has 0 saturated carbocycles. The lowest BCUT2D eigenvalue weighted by molar-refractivity contribution is 0.0697. The number of benzene rings is 1. The maximum Gasteiger partial charge on any atom is 0.335 e. The summed E-state index contributed by atoms with van der Waals surface area (Å²) in [5, 5.41) is 15.3. The highest BCUT2D eigenvalue weighted by Gasteiger charge is 2.16. The van der Waals surface area contributed by atoms with Gasteiger partial charge in [-0.2, -0.15) is 0 Å². The van der Waals surface area contributed by atoms with Crippen LogP contribution in [0.1, 0.15) is 23.2 Å². The molecule has 0 amide bonds. The SMILES string of the molecule is CNc1ccc(C(=O)O)cc1NC[C@@H]1CCCO1. The smallest absolute Gasteiger partial charge is 0.335 e. The number of hydrogen-bond acceptors (Lipinski definition) is 4. The number of hydrogen-bond donors (Lipinski definition) is 3. The van der Waals surface area contributed by atoms with Gasteiger partial charge < -0.3 is 20.5 Å². The van der Waals surface area contributed by atoms with Crippen LogP contribution >= 0.6 is 0 Å². The van der Waals surface area contributed by atoms with Gasteiger partial charge in [0, 0.05) is 20.2 Å². The molecule has 0 radical (unpaired) electrons. The standard InChI is InChI=1S/C13H18N2O3/c1-14-11-5-4-9(13(16)17)7-12(11)15-8-10-3-2-6-18-10/h4-5,7,10,14-15H,2-3,6,8H2,1H3,(H,16,17)/t10-/m0/s1. The predicted molar refractivity (Wildman–Crippen MR) is 70.4 cm³/mol. The molecule has 1 aromatic carbocycles. The molecular weight excluding hydrogens is 232 g/mol. The lowest BCUT2D eigenvalue weighted by Crippen LogP contribution is -2.19. The average Bonchev–Trinajstić information content (AvgIpc) is 2.89. The molecule has 0 aliphatic carbocycles. The van der Waals surface area contributed by atoms with E-state index in [1.54, 1.807) is 18.2 Å². The molecule has 0 spiro atoms. The van der Waals surface area contributed by atoms with Crippen molar-refractivity contribution in [1.82, 2.24) is 0 Å². The molecule has 1 aromatic rings. The van der Waals surface area contributed by atoms with Gasteiger partial charge in [0.2, 0.25) is 0 Å². The molecule has 98 valence electrons. The van der Waals surface area contributed by atoms with Gasteiger partial charge in [0.25, 0.3) is 0 Å². The number of carboxylic acid groups (broad SMARTS) is 1. The van der Waals surface area contributed by atoms with Crippen molar-refractivity contribution in [3.8, 4) is 0 Å². The zero-order chi connectivity index (χ0) is 13.0. The third-order valence-corrected chi connectivity index (χ3v) is 3.08. The summed E-state index contributed by atoms with van der Waals surface area (Å²) in [6.45, 7) is 1.53. The number of rotatable bonds is 5. The second kappa shape index (κ2) is 5.73. The van der Waals surface area contributed by atoms with Crippen LogP contribution in [0.3, 0.4) is 0 Å². The van der Waals surface area contributed by atoms with Crippen LogP contribution in [-0.2, 0) is 4.74 Å². The van der Waals surface area contributed by atoms with E-state index in [1.807, 2.05) is 7.05 Å². The molecule has 5 heteroatoms. The number of aromatic carboxylic acids is 1. The molecule has 1 saturated heterocycles. The fraction of sp³-hybridized carbons (Fsp3) is 0.462. The zero-order valence-corrected chi connectivity index (χ0v) is 10.4. The summed E-state index contributed by atoms with van der Waals surface area (Å²) in [5.41, 5.74) is 1.97. The number of carboxylic acids is 1. The summed E-state index contributed by atoms with van der Waals surface area (Å²) in [5.74, 6) is -0.919. The monoisotopic (exact) mass is 250 g/mol. The molecule has 18 heavy (non-hydrogen) atoms. The second-order valence-corrected chi connectivity index (χ2v) is 4.33. The zero-order valence-electron chi connectivity index (χ0n) is 10.4. The summed E-state index contributed by atoms with van der Waals surface area (Å²) in [6, 6.07) is 5.00. The Hall–Kier alpha value is -1.75. The molecule has 1 aliphatic heterocycles. The lowest BCUT2D eigenvalue weighted by atomic mass is 10.1. The Bertz CT molecular complexity index is 428. The molecule has 0 unspecified atom stereocenters. The number of nitrogens with one attached hydrogen (secondary N) is 2. The largest absolute Gasteiger partial charge is 0.478 e. The van der Waals surface area contributed by atoms with E-state index in [1.165, 1.54) is 0 Å². The minimum Gasteiger partial charge on any atom is -0.478 e. The van der Waals surface area contributed by atoms with Crippen molar-refractivity contribution in [1.29, 1.82) is 0 Å². The van der Waals surface area contributed by atoms with Crippen molar-refractivity contribution < 1.29 is 14.6 Å². The van der Waals surface area contributed by atoms with Gasteiger partial charge >= 0.3 is 5.97 Å². The van der Waals surface area contributed by atoms with Crippen LogP contribution in [0, 0.1) is 0 Å². The quantitative estimate of drug-likeness (QED) is 0.745. The summed E-state index contributed by atoms with van der Waals surface area (Å²) in [6.07, 6.45) is 2.38. The summed E-state index contributed by atoms with van der Waals surface area (Å²) in [4.78, 5) is 10.9. The Morgan fingerprint density at radius 2 is 2.33 bits per heavy atom. The number of ether oxygens (including phenoxy) is 1. The van der Waals surface area contributed by atoms with E-state index in [0.29, 0.717) is 6.54 Å². The second-order valence-electron chi connectivity index (χ2n) is 4.33. The average molecular weight is 250 g/mol. The third kappa shape index (κ3) is 2.92. The van der Waals surface area contributed by atoms with Crippen molar-refractivity contribution in [3.05, 3.63) is 23.8 Å². The molecule has 1 aliphatic rings. The first-order chi connectivity index (χ1) is 8.70. The van der Waals surface area contributed by atoms with E-state index in [4.69, 9.17) is 9.84 Å². The highest BCUT2D eigenvalue weighted by Crippen LogP contribution is 2.23. The van der Waals surface area contributed by atoms with Crippen molar-refractivity contribution in [2.24, 2.45) is 0 Å². The first kappa shape index (κ1) is 12.7. The van der Waals surface area contributed by atoms with Gasteiger partial charge in [0.1, 0.15) is 0 Å². The van der Waals surface area contributed by atoms with Gasteiger partial charge in [-0.05, 0) is 31.0 Å². The molecule has 5 nitrogen and oxygen atoms in total. The fourth-order valence-electron chi connectivity index (χ4n) is 2.07. The first-order valence-electron chi connectivity index (χ1n) is 6.11. The predicted octanol–water partition coefficient (Wildman–Crippen LogP) is 2.02. The Balaban J connectivity index is 2.08. The Morgan fingerprint density at radius 1 is 1.50 bits per heavy atom. The van der Waals surface area contributed by atoms with Crippen molar-refractivity contribution in [2.75, 3.05) is 30.8 Å². The summed E-state index contributed by atoms with van der Waals surface area (Å²) < 4.78 is 5.53. The molecule has 3 N–H and O–H groups in total. The van der Waals surface area contributed by atoms with E-state index in [-0.39, 0.29) is 11.7 Å². The van der Waals surface area contributed by atoms with Crippen molar-refractivity contribution in [2.45, 2.75) is 18.9 Å². The highest BCUT2D eigenvalue weighted by molar-refractivity contribution is 5.90. The maximum atomic E-state index is 10.9. The van der Waals surface area contributed by atoms with E-state index < -0.39 is 5.97 Å². The van der Waals surface area contributed by atoms with Gasteiger partial charge in [0.15, 0.2) is 0 Å². The molecule has 1 atom stereocenters. The highest BCUT2D eigenvalue weighted by atomic mass is 16.5. The van der Waals surface area contributed by atoms with Gasteiger partial charge in [-0.1, -0.05) is 0 Å². The van der Waals surface area contributed by atoms with E-state index in [0.717, 1.165) is 30.8 Å². The summed E-state index contributed by atoms with van der Waals surface area (Å²) in [7, 11) is 1.81.